The van der Waals surface area contributed by atoms with Gasteiger partial charge in [0.1, 0.15) is 11.7 Å². The molecule has 1 N–H and O–H groups in total. The maximum absolute atomic E-state index is 12.6. The van der Waals surface area contributed by atoms with E-state index < -0.39 is 6.04 Å². The van der Waals surface area contributed by atoms with Crippen molar-refractivity contribution in [1.29, 1.82) is 0 Å². The highest BCUT2D eigenvalue weighted by atomic mass is 16.2. The fourth-order valence-corrected chi connectivity index (χ4v) is 3.00. The monoisotopic (exact) mass is 281 g/mol. The van der Waals surface area contributed by atoms with E-state index in [4.69, 9.17) is 0 Å². The average molecular weight is 281 g/mol. The van der Waals surface area contributed by atoms with Crippen molar-refractivity contribution in [1.82, 2.24) is 10.3 Å². The molecule has 0 spiro atoms. The molecule has 0 aliphatic carbocycles. The summed E-state index contributed by atoms with van der Waals surface area (Å²) >= 11 is 0. The third-order valence-electron chi connectivity index (χ3n) is 3.95. The van der Waals surface area contributed by atoms with E-state index in [1.54, 1.807) is 12.3 Å². The molecule has 0 bridgehead atoms. The second kappa shape index (κ2) is 4.12. The van der Waals surface area contributed by atoms with Crippen molar-refractivity contribution in [3.8, 4) is 0 Å². The minimum atomic E-state index is -0.793. The summed E-state index contributed by atoms with van der Waals surface area (Å²) in [6.45, 7) is 0.0345. The van der Waals surface area contributed by atoms with E-state index in [2.05, 4.69) is 10.3 Å². The minimum absolute atomic E-state index is 0.0345. The number of nitrogens with one attached hydrogen (secondary N) is 1. The summed E-state index contributed by atoms with van der Waals surface area (Å²) in [4.78, 5) is 41.8. The number of hydrogen-bond acceptors (Lipinski definition) is 4. The van der Waals surface area contributed by atoms with Crippen molar-refractivity contribution in [2.45, 2.75) is 12.5 Å². The van der Waals surface area contributed by atoms with Gasteiger partial charge in [0.2, 0.25) is 5.91 Å². The van der Waals surface area contributed by atoms with Gasteiger partial charge in [-0.1, -0.05) is 12.1 Å². The number of ketones is 1. The van der Waals surface area contributed by atoms with Crippen LogP contribution in [-0.4, -0.2) is 35.2 Å². The van der Waals surface area contributed by atoms with Crippen LogP contribution in [0.2, 0.25) is 0 Å². The number of amides is 2. The Morgan fingerprint density at radius 3 is 2.90 bits per heavy atom. The number of rotatable bonds is 1. The van der Waals surface area contributed by atoms with E-state index in [1.165, 1.54) is 4.90 Å². The van der Waals surface area contributed by atoms with Crippen LogP contribution in [-0.2, 0) is 9.59 Å². The zero-order valence-corrected chi connectivity index (χ0v) is 11.0. The highest BCUT2D eigenvalue weighted by molar-refractivity contribution is 6.26. The smallest absolute Gasteiger partial charge is 0.278 e. The van der Waals surface area contributed by atoms with E-state index in [0.29, 0.717) is 11.4 Å². The summed E-state index contributed by atoms with van der Waals surface area (Å²) in [6, 6.07) is 6.54. The van der Waals surface area contributed by atoms with Crippen LogP contribution in [0, 0.1) is 0 Å². The lowest BCUT2D eigenvalue weighted by Crippen LogP contribution is -2.54. The fourth-order valence-electron chi connectivity index (χ4n) is 3.00. The van der Waals surface area contributed by atoms with Crippen molar-refractivity contribution in [3.63, 3.8) is 0 Å². The predicted molar refractivity (Wildman–Crippen MR) is 75.0 cm³/mol. The van der Waals surface area contributed by atoms with Crippen molar-refractivity contribution in [2.75, 3.05) is 11.4 Å². The molecule has 1 fully saturated rings. The summed E-state index contributed by atoms with van der Waals surface area (Å²) in [5.41, 5.74) is 0.990. The van der Waals surface area contributed by atoms with Crippen LogP contribution >= 0.6 is 0 Å². The Morgan fingerprint density at radius 2 is 2.05 bits per heavy atom. The molecule has 1 unspecified atom stereocenters. The Balaban J connectivity index is 1.89. The van der Waals surface area contributed by atoms with Gasteiger partial charge in [-0.05, 0) is 17.5 Å². The van der Waals surface area contributed by atoms with Gasteiger partial charge in [-0.25, -0.2) is 0 Å². The second-order valence-electron chi connectivity index (χ2n) is 5.19. The van der Waals surface area contributed by atoms with Gasteiger partial charge in [0.15, 0.2) is 5.78 Å². The van der Waals surface area contributed by atoms with Gasteiger partial charge in [0, 0.05) is 18.0 Å². The predicted octanol–water partition coefficient (Wildman–Crippen LogP) is 0.653. The van der Waals surface area contributed by atoms with E-state index in [1.807, 2.05) is 18.2 Å². The molecule has 2 aromatic rings. The van der Waals surface area contributed by atoms with Crippen LogP contribution in [0.25, 0.3) is 10.8 Å². The molecule has 0 radical (unpaired) electrons. The number of carbonyl (C=O) groups excluding carboxylic acids is 3. The third-order valence-corrected chi connectivity index (χ3v) is 3.95. The Labute approximate surface area is 119 Å². The third kappa shape index (κ3) is 1.59. The fraction of sp³-hybridized carbons (Fsp3) is 0.200. The first-order valence-electron chi connectivity index (χ1n) is 6.67. The number of pyridine rings is 1. The molecule has 0 saturated carbocycles. The van der Waals surface area contributed by atoms with Crippen molar-refractivity contribution < 1.29 is 14.4 Å². The first kappa shape index (κ1) is 12.0. The molecule has 1 saturated heterocycles. The second-order valence-corrected chi connectivity index (χ2v) is 5.19. The summed E-state index contributed by atoms with van der Waals surface area (Å²) < 4.78 is 0. The lowest BCUT2D eigenvalue weighted by Gasteiger charge is -2.30. The average Bonchev–Trinajstić information content (AvgIpc) is 2.77. The van der Waals surface area contributed by atoms with Crippen LogP contribution in [0.1, 0.15) is 16.9 Å². The first-order chi connectivity index (χ1) is 10.2. The van der Waals surface area contributed by atoms with Crippen LogP contribution in [0.5, 0.6) is 0 Å². The molecule has 6 nitrogen and oxygen atoms in total. The standard InChI is InChI=1S/C15H11N3O3/c19-9-6-11(14(20)17-7-9)18-10-3-1-2-8-4-5-16-13(12(8)10)15(18)21/h1-5,11H,6-7H2,(H,17,20). The zero-order chi connectivity index (χ0) is 14.6. The Kier molecular flexibility index (Phi) is 2.35. The summed E-state index contributed by atoms with van der Waals surface area (Å²) in [5, 5.41) is 4.18. The quantitative estimate of drug-likeness (QED) is 0.832. The van der Waals surface area contributed by atoms with Crippen LogP contribution in [0.3, 0.4) is 0 Å². The number of aromatic nitrogens is 1. The normalized spacial score (nSPS) is 21.0. The number of hydrogen-bond donors (Lipinski definition) is 1. The van der Waals surface area contributed by atoms with Crippen LogP contribution in [0.15, 0.2) is 30.5 Å². The molecule has 1 aromatic heterocycles. The van der Waals surface area contributed by atoms with Gasteiger partial charge >= 0.3 is 0 Å². The van der Waals surface area contributed by atoms with Gasteiger partial charge in [0.25, 0.3) is 5.91 Å². The van der Waals surface area contributed by atoms with Crippen molar-refractivity contribution >= 4 is 34.1 Å². The number of anilines is 1. The molecule has 6 heteroatoms. The molecule has 3 heterocycles. The number of Topliss-reactive ketones (excluding diaryl/α,β-unsaturated/α-hetero) is 1. The topological polar surface area (TPSA) is 79.4 Å². The molecular weight excluding hydrogens is 270 g/mol. The van der Waals surface area contributed by atoms with E-state index in [0.717, 1.165) is 10.8 Å². The maximum Gasteiger partial charge on any atom is 0.278 e. The molecule has 2 amide bonds. The zero-order valence-electron chi connectivity index (χ0n) is 11.0. The van der Waals surface area contributed by atoms with Crippen molar-refractivity contribution in [3.05, 3.63) is 36.2 Å². The maximum atomic E-state index is 12.6. The molecule has 1 atom stereocenters. The number of piperidine rings is 1. The van der Waals surface area contributed by atoms with Gasteiger partial charge in [-0.2, -0.15) is 0 Å². The molecule has 21 heavy (non-hydrogen) atoms. The largest absolute Gasteiger partial charge is 0.347 e. The van der Waals surface area contributed by atoms with E-state index in [9.17, 15) is 14.4 Å². The van der Waals surface area contributed by atoms with E-state index >= 15 is 0 Å². The number of nitrogens with zero attached hydrogens (tertiary/aromatic N) is 2. The Hall–Kier alpha value is -2.76. The Morgan fingerprint density at radius 1 is 1.19 bits per heavy atom. The van der Waals surface area contributed by atoms with Crippen LogP contribution < -0.4 is 10.2 Å². The minimum Gasteiger partial charge on any atom is -0.347 e. The summed E-state index contributed by atoms with van der Waals surface area (Å²) in [6.07, 6.45) is 1.62. The summed E-state index contributed by atoms with van der Waals surface area (Å²) in [7, 11) is 0. The van der Waals surface area contributed by atoms with Gasteiger partial charge in [-0.15, -0.1) is 0 Å². The van der Waals surface area contributed by atoms with E-state index in [-0.39, 0.29) is 30.6 Å². The SMILES string of the molecule is O=C1CNC(=O)C(N2C(=O)c3nccc4cccc2c34)C1. The Bertz CT molecular complexity index is 810. The van der Waals surface area contributed by atoms with Gasteiger partial charge < -0.3 is 5.32 Å². The number of benzene rings is 1. The lowest BCUT2D eigenvalue weighted by atomic mass is 10.0. The van der Waals surface area contributed by atoms with Crippen molar-refractivity contribution in [2.24, 2.45) is 0 Å². The molecule has 104 valence electrons. The highest BCUT2D eigenvalue weighted by Gasteiger charge is 2.41. The molecule has 4 rings (SSSR count). The van der Waals surface area contributed by atoms with Gasteiger partial charge in [0.05, 0.1) is 12.2 Å². The molecule has 1 aromatic carbocycles. The summed E-state index contributed by atoms with van der Waals surface area (Å²) in [5.74, 6) is -0.701. The molecular formula is C15H11N3O3. The first-order valence-corrected chi connectivity index (χ1v) is 6.67. The lowest BCUT2D eigenvalue weighted by molar-refractivity contribution is -0.131. The van der Waals surface area contributed by atoms with Gasteiger partial charge in [-0.3, -0.25) is 24.3 Å². The number of carbonyl (C=O) groups is 3. The molecule has 2 aliphatic rings. The highest BCUT2D eigenvalue weighted by Crippen LogP contribution is 2.38. The van der Waals surface area contributed by atoms with Crippen LogP contribution in [0.4, 0.5) is 5.69 Å². The molecule has 2 aliphatic heterocycles.